The predicted octanol–water partition coefficient (Wildman–Crippen LogP) is 6.34. The summed E-state index contributed by atoms with van der Waals surface area (Å²) in [5, 5.41) is 7.00. The number of ether oxygens (including phenoxy) is 1. The minimum atomic E-state index is -0.0439. The summed E-state index contributed by atoms with van der Waals surface area (Å²) in [6, 6.07) is 27.0. The quantitative estimate of drug-likeness (QED) is 0.210. The van der Waals surface area contributed by atoms with Crippen LogP contribution in [0.5, 0.6) is 5.75 Å². The van der Waals surface area contributed by atoms with E-state index >= 15 is 0 Å². The molecule has 256 valence electrons. The third kappa shape index (κ3) is 9.22. The molecule has 0 spiro atoms. The van der Waals surface area contributed by atoms with Crippen molar-refractivity contribution in [3.05, 3.63) is 107 Å². The highest BCUT2D eigenvalue weighted by Gasteiger charge is 2.40. The Bertz CT molecular complexity index is 1480. The van der Waals surface area contributed by atoms with Crippen LogP contribution in [0.1, 0.15) is 85.6 Å². The van der Waals surface area contributed by atoms with E-state index in [2.05, 4.69) is 96.2 Å². The van der Waals surface area contributed by atoms with E-state index in [0.717, 1.165) is 44.1 Å². The number of aliphatic hydroxyl groups excluding tert-OH is 1. The molecule has 8 nitrogen and oxygen atoms in total. The number of primary amides is 2. The Labute approximate surface area is 285 Å². The van der Waals surface area contributed by atoms with Crippen molar-refractivity contribution in [1.82, 2.24) is 4.90 Å². The molecule has 2 aliphatic carbocycles. The summed E-state index contributed by atoms with van der Waals surface area (Å²) in [5.74, 6) is 1.62. The van der Waals surface area contributed by atoms with Crippen LogP contribution in [0, 0.1) is 5.92 Å². The molecule has 0 atom stereocenters. The van der Waals surface area contributed by atoms with Gasteiger partial charge < -0.3 is 26.2 Å². The van der Waals surface area contributed by atoms with Gasteiger partial charge in [0, 0.05) is 30.8 Å². The molecule has 3 aliphatic rings. The first-order valence-corrected chi connectivity index (χ1v) is 16.8. The number of allylic oxidation sites excluding steroid dienone is 2. The molecule has 0 aromatic heterocycles. The zero-order valence-corrected chi connectivity index (χ0v) is 28.4. The first-order valence-electron chi connectivity index (χ1n) is 16.8. The van der Waals surface area contributed by atoms with Gasteiger partial charge in [-0.1, -0.05) is 105 Å². The van der Waals surface area contributed by atoms with Crippen LogP contribution in [0.25, 0.3) is 17.3 Å². The molecule has 2 fully saturated rings. The van der Waals surface area contributed by atoms with Gasteiger partial charge in [-0.3, -0.25) is 14.4 Å². The number of hydrogen-bond acceptors (Lipinski definition) is 6. The average molecular weight is 654 g/mol. The number of rotatable bonds is 6. The number of likely N-dealkylation sites (N-methyl/N-ethyl adjacent to an activating group) is 1. The average Bonchev–Trinajstić information content (AvgIpc) is 3.64. The molecular formula is C40H51N3O5. The van der Waals surface area contributed by atoms with Crippen molar-refractivity contribution in [2.75, 3.05) is 27.3 Å². The van der Waals surface area contributed by atoms with Crippen molar-refractivity contribution in [2.45, 2.75) is 63.2 Å². The largest absolute Gasteiger partial charge is 0.491 e. The minimum absolute atomic E-state index is 0.0439. The van der Waals surface area contributed by atoms with Gasteiger partial charge in [-0.25, -0.2) is 0 Å². The summed E-state index contributed by atoms with van der Waals surface area (Å²) in [6.07, 6.45) is 16.0. The molecule has 8 heteroatoms. The summed E-state index contributed by atoms with van der Waals surface area (Å²) in [5.41, 5.74) is 17.5. The van der Waals surface area contributed by atoms with Crippen LogP contribution < -0.4 is 16.2 Å². The fraction of sp³-hybridized carbons (Fsp3) is 0.375. The fourth-order valence-electron chi connectivity index (χ4n) is 7.50. The van der Waals surface area contributed by atoms with Gasteiger partial charge in [0.1, 0.15) is 18.6 Å². The van der Waals surface area contributed by atoms with Crippen molar-refractivity contribution in [2.24, 2.45) is 17.4 Å². The monoisotopic (exact) mass is 653 g/mol. The van der Waals surface area contributed by atoms with Crippen LogP contribution in [-0.2, 0) is 19.8 Å². The molecule has 6 rings (SSSR count). The molecule has 3 aromatic carbocycles. The van der Waals surface area contributed by atoms with Gasteiger partial charge in [-0.05, 0) is 71.6 Å². The van der Waals surface area contributed by atoms with E-state index in [1.54, 1.807) is 6.08 Å². The van der Waals surface area contributed by atoms with E-state index < -0.39 is 0 Å². The molecular weight excluding hydrogens is 602 g/mol. The van der Waals surface area contributed by atoms with E-state index in [-0.39, 0.29) is 18.2 Å². The maximum Gasteiger partial charge on any atom is 0.204 e. The number of aliphatic hydroxyl groups is 1. The highest BCUT2D eigenvalue weighted by Crippen LogP contribution is 2.51. The Kier molecular flexibility index (Phi) is 15.6. The molecule has 5 N–H and O–H groups in total. The van der Waals surface area contributed by atoms with Crippen molar-refractivity contribution in [3.8, 4) is 5.75 Å². The molecule has 2 amide bonds. The van der Waals surface area contributed by atoms with Gasteiger partial charge in [0.2, 0.25) is 12.8 Å². The van der Waals surface area contributed by atoms with Gasteiger partial charge in [0.25, 0.3) is 0 Å². The number of nitrogens with two attached hydrogens (primary N) is 2. The lowest BCUT2D eigenvalue weighted by Gasteiger charge is -2.33. The maximum absolute atomic E-state index is 10.8. The van der Waals surface area contributed by atoms with Crippen molar-refractivity contribution in [1.29, 1.82) is 0 Å². The van der Waals surface area contributed by atoms with Crippen molar-refractivity contribution >= 4 is 36.5 Å². The Morgan fingerprint density at radius 2 is 1.44 bits per heavy atom. The Morgan fingerprint density at radius 3 is 2.04 bits per heavy atom. The summed E-state index contributed by atoms with van der Waals surface area (Å²) in [7, 11) is 3.24. The topological polar surface area (TPSA) is 136 Å². The van der Waals surface area contributed by atoms with Crippen LogP contribution in [0.3, 0.4) is 0 Å². The number of nitrogens with zero attached hydrogens (tertiary/aromatic N) is 1. The van der Waals surface area contributed by atoms with E-state index in [1.807, 2.05) is 6.08 Å². The summed E-state index contributed by atoms with van der Waals surface area (Å²) in [4.78, 5) is 30.4. The second-order valence-corrected chi connectivity index (χ2v) is 12.1. The fourth-order valence-corrected chi connectivity index (χ4v) is 7.50. The number of aldehydes is 1. The van der Waals surface area contributed by atoms with Crippen LogP contribution >= 0.6 is 0 Å². The lowest BCUT2D eigenvalue weighted by molar-refractivity contribution is -0.107. The SMILES string of the molecule is CN1CCOc2cc(ccc2C2(c3ccc(/C=C/C=O)cc3)CCCC2)/C(C2CCCCC2)=C\1c1ccccc1.CO.NC=O.NC=O. The summed E-state index contributed by atoms with van der Waals surface area (Å²) >= 11 is 0. The molecule has 48 heavy (non-hydrogen) atoms. The number of carbonyl (C=O) groups excluding carboxylic acids is 3. The zero-order chi connectivity index (χ0) is 34.8. The molecule has 2 bridgehead atoms. The van der Waals surface area contributed by atoms with Gasteiger partial charge >= 0.3 is 0 Å². The third-order valence-corrected chi connectivity index (χ3v) is 9.48. The van der Waals surface area contributed by atoms with E-state index in [9.17, 15) is 4.79 Å². The minimum Gasteiger partial charge on any atom is -0.491 e. The molecule has 0 unspecified atom stereocenters. The van der Waals surface area contributed by atoms with E-state index in [4.69, 9.17) is 19.4 Å². The highest BCUT2D eigenvalue weighted by molar-refractivity contribution is 5.91. The number of amides is 2. The third-order valence-electron chi connectivity index (χ3n) is 9.48. The lowest BCUT2D eigenvalue weighted by atomic mass is 9.71. The molecule has 1 heterocycles. The van der Waals surface area contributed by atoms with Gasteiger partial charge in [0.05, 0.1) is 6.54 Å². The van der Waals surface area contributed by atoms with Crippen LogP contribution in [0.2, 0.25) is 0 Å². The summed E-state index contributed by atoms with van der Waals surface area (Å²) in [6.45, 7) is 1.51. The van der Waals surface area contributed by atoms with Crippen LogP contribution in [0.15, 0.2) is 78.9 Å². The second kappa shape index (κ2) is 19.9. The second-order valence-electron chi connectivity index (χ2n) is 12.1. The molecule has 3 aromatic rings. The smallest absolute Gasteiger partial charge is 0.204 e. The lowest BCUT2D eigenvalue weighted by Crippen LogP contribution is -2.26. The number of hydrogen-bond donors (Lipinski definition) is 3. The number of fused-ring (bicyclic) bond motifs is 2. The Morgan fingerprint density at radius 1 is 0.812 bits per heavy atom. The number of carbonyl (C=O) groups is 3. The molecule has 0 radical (unpaired) electrons. The zero-order valence-electron chi connectivity index (χ0n) is 28.4. The van der Waals surface area contributed by atoms with Crippen molar-refractivity contribution in [3.63, 3.8) is 0 Å². The van der Waals surface area contributed by atoms with Crippen molar-refractivity contribution < 1.29 is 24.2 Å². The Balaban J connectivity index is 0.000000717. The molecule has 0 saturated heterocycles. The first-order chi connectivity index (χ1) is 23.5. The first kappa shape index (κ1) is 37.8. The predicted molar refractivity (Wildman–Crippen MR) is 194 cm³/mol. The summed E-state index contributed by atoms with van der Waals surface area (Å²) < 4.78 is 6.71. The van der Waals surface area contributed by atoms with Crippen LogP contribution in [-0.4, -0.2) is 56.4 Å². The van der Waals surface area contributed by atoms with Gasteiger partial charge in [0.15, 0.2) is 0 Å². The van der Waals surface area contributed by atoms with E-state index in [0.29, 0.717) is 12.5 Å². The van der Waals surface area contributed by atoms with Gasteiger partial charge in [-0.15, -0.1) is 0 Å². The number of benzene rings is 3. The molecule has 1 aliphatic heterocycles. The molecule has 2 saturated carbocycles. The standard InChI is InChI=1S/C37H41NO2.2CH3NO.CH4O/c1-38-24-26-40-34-27-31(35(29-12-4-2-5-13-29)36(38)30-14-6-3-7-15-30)18-21-33(34)37(22-8-9-23-37)32-19-16-28(17-20-32)11-10-25-39;2*2-1-3;1-2/h3,6-7,10-11,14-21,25,27,29H,2,4-5,8-9,12-13,22-24,26H2,1H3;2*1H,(H2,2,3);2H,1H3/b11-10+,36-35-;;;. The van der Waals surface area contributed by atoms with Crippen LogP contribution in [0.4, 0.5) is 0 Å². The van der Waals surface area contributed by atoms with Gasteiger partial charge in [-0.2, -0.15) is 0 Å². The van der Waals surface area contributed by atoms with E-state index in [1.165, 1.54) is 78.5 Å². The maximum atomic E-state index is 10.8. The highest BCUT2D eigenvalue weighted by atomic mass is 16.5. The Hall–Kier alpha value is -4.69. The normalized spacial score (nSPS) is 18.5.